The minimum absolute atomic E-state index is 0.0629. The van der Waals surface area contributed by atoms with Crippen molar-refractivity contribution in [3.05, 3.63) is 193 Å². The maximum Gasteiger partial charge on any atom is 0.115 e. The Morgan fingerprint density at radius 1 is 0.358 bits per heavy atom. The van der Waals surface area contributed by atoms with Crippen LogP contribution in [0.2, 0.25) is 0 Å². The Hall–Kier alpha value is -6.44. The zero-order chi connectivity index (χ0) is 34.9. The molecule has 11 rings (SSSR count). The first kappa shape index (κ1) is 30.2. The summed E-state index contributed by atoms with van der Waals surface area (Å²) in [4.78, 5) is 3.87. The Morgan fingerprint density at radius 2 is 0.943 bits per heavy atom. The van der Waals surface area contributed by atoms with E-state index in [4.69, 9.17) is 0 Å². The molecule has 254 valence electrons. The number of aromatic nitrogens is 3. The summed E-state index contributed by atoms with van der Waals surface area (Å²) in [6, 6.07) is 63.3. The lowest BCUT2D eigenvalue weighted by molar-refractivity contribution is 0.201. The monoisotopic (exact) mass is 684 g/mol. The fourth-order valence-corrected chi connectivity index (χ4v) is 8.49. The summed E-state index contributed by atoms with van der Waals surface area (Å²) in [6.45, 7) is 0. The lowest BCUT2D eigenvalue weighted by Gasteiger charge is -2.39. The van der Waals surface area contributed by atoms with E-state index in [0.29, 0.717) is 0 Å². The molecule has 3 unspecified atom stereocenters. The summed E-state index contributed by atoms with van der Waals surface area (Å²) in [5.41, 5.74) is 9.33. The van der Waals surface area contributed by atoms with Crippen LogP contribution in [0.1, 0.15) is 35.3 Å². The molecule has 4 N–H and O–H groups in total. The lowest BCUT2D eigenvalue weighted by atomic mass is 10.0. The van der Waals surface area contributed by atoms with E-state index in [1.54, 1.807) is 0 Å². The predicted molar refractivity (Wildman–Crippen MR) is 217 cm³/mol. The van der Waals surface area contributed by atoms with E-state index in [-0.39, 0.29) is 18.5 Å². The van der Waals surface area contributed by atoms with Crippen molar-refractivity contribution < 1.29 is 0 Å². The highest BCUT2D eigenvalue weighted by Gasteiger charge is 2.31. The topological polar surface area (TPSA) is 61.7 Å². The largest absolute Gasteiger partial charge is 0.342 e. The van der Waals surface area contributed by atoms with Gasteiger partial charge in [0.1, 0.15) is 12.0 Å². The van der Waals surface area contributed by atoms with Crippen molar-refractivity contribution in [3.8, 4) is 11.5 Å². The summed E-state index contributed by atoms with van der Waals surface area (Å²) in [5, 5.41) is 19.0. The Kier molecular flexibility index (Phi) is 6.88. The summed E-state index contributed by atoms with van der Waals surface area (Å²) in [5.74, 6) is 1.02. The van der Waals surface area contributed by atoms with Gasteiger partial charge in [-0.15, -0.1) is 0 Å². The Balaban J connectivity index is 1.06. The van der Waals surface area contributed by atoms with Gasteiger partial charge in [0.15, 0.2) is 0 Å². The number of H-pyrrole nitrogens is 1. The first-order chi connectivity index (χ1) is 26.3. The van der Waals surface area contributed by atoms with Gasteiger partial charge in [0, 0.05) is 32.9 Å². The summed E-state index contributed by atoms with van der Waals surface area (Å²) in [7, 11) is 0. The zero-order valence-electron chi connectivity index (χ0n) is 28.9. The average molecular weight is 685 g/mol. The van der Waals surface area contributed by atoms with Gasteiger partial charge in [-0.2, -0.15) is 0 Å². The number of benzene rings is 7. The van der Waals surface area contributed by atoms with Gasteiger partial charge in [-0.05, 0) is 76.5 Å². The molecule has 1 fully saturated rings. The van der Waals surface area contributed by atoms with Crippen molar-refractivity contribution in [2.75, 3.05) is 0 Å². The molecule has 7 aromatic carbocycles. The van der Waals surface area contributed by atoms with Crippen molar-refractivity contribution in [2.45, 2.75) is 18.5 Å². The van der Waals surface area contributed by atoms with Gasteiger partial charge in [-0.25, -0.2) is 0 Å². The molecule has 0 amide bonds. The molecule has 0 spiro atoms. The van der Waals surface area contributed by atoms with E-state index in [0.717, 1.165) is 22.7 Å². The second-order valence-corrected chi connectivity index (χ2v) is 14.0. The fraction of sp³-hybridized carbons (Fsp3) is 0.0638. The van der Waals surface area contributed by atoms with E-state index in [1.165, 1.54) is 60.0 Å². The minimum Gasteiger partial charge on any atom is -0.342 e. The standard InChI is InChI=1S/C47H36N6/c1-3-14-31(15-4-1)45-49-46(33-24-23-30-13-7-8-16-32(30)27-33)51-47(50-45)39-25-26-44(48-39)53-41-22-12-10-20-36(41)38-28-37-35-19-9-11-21-40(35)52(42(37)29-43(38)53)34-17-5-2-6-18-34/h1-29,45-51H. The lowest BCUT2D eigenvalue weighted by Crippen LogP contribution is -2.54. The summed E-state index contributed by atoms with van der Waals surface area (Å²) >= 11 is 0. The Bertz CT molecular complexity index is 2950. The number of fused-ring (bicyclic) bond motifs is 7. The van der Waals surface area contributed by atoms with Crippen LogP contribution < -0.4 is 16.0 Å². The number of hydrogen-bond acceptors (Lipinski definition) is 3. The average Bonchev–Trinajstić information content (AvgIpc) is 3.93. The number of aromatic amines is 1. The van der Waals surface area contributed by atoms with E-state index < -0.39 is 0 Å². The fourth-order valence-electron chi connectivity index (χ4n) is 8.49. The van der Waals surface area contributed by atoms with Crippen LogP contribution in [0.4, 0.5) is 0 Å². The number of nitrogens with zero attached hydrogens (tertiary/aromatic N) is 2. The van der Waals surface area contributed by atoms with Gasteiger partial charge >= 0.3 is 0 Å². The van der Waals surface area contributed by atoms with E-state index in [2.05, 4.69) is 206 Å². The molecule has 6 heteroatoms. The van der Waals surface area contributed by atoms with Crippen LogP contribution in [0, 0.1) is 0 Å². The van der Waals surface area contributed by atoms with E-state index in [1.807, 2.05) is 0 Å². The number of hydrogen-bond donors (Lipinski definition) is 4. The van der Waals surface area contributed by atoms with Crippen LogP contribution >= 0.6 is 0 Å². The maximum atomic E-state index is 3.88. The molecule has 0 radical (unpaired) electrons. The highest BCUT2D eigenvalue weighted by Crippen LogP contribution is 2.40. The van der Waals surface area contributed by atoms with Crippen LogP contribution in [-0.2, 0) is 0 Å². The molecular formula is C47H36N6. The summed E-state index contributed by atoms with van der Waals surface area (Å²) in [6.07, 6.45) is -0.288. The zero-order valence-corrected chi connectivity index (χ0v) is 28.9. The van der Waals surface area contributed by atoms with Crippen molar-refractivity contribution >= 4 is 54.4 Å². The third-order valence-electron chi connectivity index (χ3n) is 11.0. The minimum atomic E-state index is -0.146. The Morgan fingerprint density at radius 3 is 1.70 bits per heavy atom. The molecule has 4 heterocycles. The van der Waals surface area contributed by atoms with Crippen LogP contribution in [0.3, 0.4) is 0 Å². The molecule has 3 atom stereocenters. The van der Waals surface area contributed by atoms with Gasteiger partial charge in [0.25, 0.3) is 0 Å². The van der Waals surface area contributed by atoms with Crippen molar-refractivity contribution in [1.29, 1.82) is 0 Å². The molecular weight excluding hydrogens is 649 g/mol. The van der Waals surface area contributed by atoms with Gasteiger partial charge < -0.3 is 9.55 Å². The van der Waals surface area contributed by atoms with Gasteiger partial charge in [0.05, 0.1) is 34.4 Å². The van der Waals surface area contributed by atoms with Gasteiger partial charge in [-0.1, -0.05) is 121 Å². The highest BCUT2D eigenvalue weighted by atomic mass is 15.4. The molecule has 3 aromatic heterocycles. The van der Waals surface area contributed by atoms with Crippen LogP contribution in [0.15, 0.2) is 176 Å². The van der Waals surface area contributed by atoms with Gasteiger partial charge in [0.2, 0.25) is 0 Å². The second kappa shape index (κ2) is 12.1. The molecule has 0 aliphatic carbocycles. The summed E-state index contributed by atoms with van der Waals surface area (Å²) < 4.78 is 4.78. The molecule has 0 saturated carbocycles. The van der Waals surface area contributed by atoms with Gasteiger partial charge in [-0.3, -0.25) is 20.5 Å². The molecule has 53 heavy (non-hydrogen) atoms. The molecule has 10 aromatic rings. The third kappa shape index (κ3) is 4.92. The van der Waals surface area contributed by atoms with E-state index in [9.17, 15) is 0 Å². The SMILES string of the molecule is c1ccc(C2NC(c3ccc4ccccc4c3)NC(c3ccc(-n4c5ccccc5c5cc6c7ccccc7n(-c7ccccc7)c6cc54)[nH]3)N2)cc1. The quantitative estimate of drug-likeness (QED) is 0.146. The molecule has 1 aliphatic rings. The molecule has 1 saturated heterocycles. The Labute approximate surface area is 306 Å². The van der Waals surface area contributed by atoms with Crippen molar-refractivity contribution in [2.24, 2.45) is 0 Å². The van der Waals surface area contributed by atoms with Crippen LogP contribution in [0.25, 0.3) is 65.9 Å². The maximum absolute atomic E-state index is 3.88. The molecule has 1 aliphatic heterocycles. The smallest absolute Gasteiger partial charge is 0.115 e. The number of rotatable bonds is 5. The van der Waals surface area contributed by atoms with Crippen molar-refractivity contribution in [3.63, 3.8) is 0 Å². The first-order valence-electron chi connectivity index (χ1n) is 18.3. The number of para-hydroxylation sites is 3. The second-order valence-electron chi connectivity index (χ2n) is 14.0. The van der Waals surface area contributed by atoms with E-state index >= 15 is 0 Å². The molecule has 0 bridgehead atoms. The number of nitrogens with one attached hydrogen (secondary N) is 4. The van der Waals surface area contributed by atoms with Crippen molar-refractivity contribution in [1.82, 2.24) is 30.1 Å². The van der Waals surface area contributed by atoms with Crippen LogP contribution in [0.5, 0.6) is 0 Å². The molecule has 6 nitrogen and oxygen atoms in total. The predicted octanol–water partition coefficient (Wildman–Crippen LogP) is 10.5. The third-order valence-corrected chi connectivity index (χ3v) is 11.0. The normalized spacial score (nSPS) is 17.8. The highest BCUT2D eigenvalue weighted by molar-refractivity contribution is 6.19. The van der Waals surface area contributed by atoms with Crippen LogP contribution in [-0.4, -0.2) is 14.1 Å². The first-order valence-corrected chi connectivity index (χ1v) is 18.3.